The summed E-state index contributed by atoms with van der Waals surface area (Å²) in [5.74, 6) is 0.840. The van der Waals surface area contributed by atoms with Crippen LogP contribution in [0.3, 0.4) is 0 Å². The highest BCUT2D eigenvalue weighted by Gasteiger charge is 2.06. The molecule has 0 N–H and O–H groups in total. The first-order valence-corrected chi connectivity index (χ1v) is 7.15. The van der Waals surface area contributed by atoms with Gasteiger partial charge in [0, 0.05) is 16.1 Å². The van der Waals surface area contributed by atoms with E-state index in [2.05, 4.69) is 9.97 Å². The number of thioether (sulfide) groups is 1. The van der Waals surface area contributed by atoms with Gasteiger partial charge in [0.1, 0.15) is 10.9 Å². The van der Waals surface area contributed by atoms with Gasteiger partial charge in [0.2, 0.25) is 5.88 Å². The van der Waals surface area contributed by atoms with Crippen molar-refractivity contribution in [2.24, 2.45) is 0 Å². The average Bonchev–Trinajstić information content (AvgIpc) is 2.26. The van der Waals surface area contributed by atoms with Crippen LogP contribution in [0.2, 0.25) is 15.2 Å². The molecule has 0 saturated carbocycles. The van der Waals surface area contributed by atoms with Crippen molar-refractivity contribution in [2.45, 2.75) is 5.16 Å². The zero-order chi connectivity index (χ0) is 13.1. The lowest BCUT2D eigenvalue weighted by molar-refractivity contribution is 0.455. The van der Waals surface area contributed by atoms with Crippen molar-refractivity contribution in [1.29, 1.82) is 0 Å². The summed E-state index contributed by atoms with van der Waals surface area (Å²) >= 11 is 19.0. The van der Waals surface area contributed by atoms with Crippen LogP contribution < -0.4 is 4.74 Å². The van der Waals surface area contributed by atoms with Gasteiger partial charge < -0.3 is 4.74 Å². The Morgan fingerprint density at radius 2 is 1.67 bits per heavy atom. The Bertz CT molecular complexity index is 560. The third kappa shape index (κ3) is 3.65. The smallest absolute Gasteiger partial charge is 0.224 e. The summed E-state index contributed by atoms with van der Waals surface area (Å²) < 4.78 is 5.55. The molecule has 0 saturated heterocycles. The Morgan fingerprint density at radius 1 is 1.00 bits per heavy atom. The lowest BCUT2D eigenvalue weighted by Crippen LogP contribution is -1.92. The minimum absolute atomic E-state index is 0.317. The summed E-state index contributed by atoms with van der Waals surface area (Å²) in [6, 6.07) is 6.43. The van der Waals surface area contributed by atoms with Crippen molar-refractivity contribution in [1.82, 2.24) is 9.97 Å². The quantitative estimate of drug-likeness (QED) is 0.455. The monoisotopic (exact) mass is 320 g/mol. The van der Waals surface area contributed by atoms with Crippen LogP contribution in [0, 0.1) is 0 Å². The third-order valence-corrected chi connectivity index (χ3v) is 3.07. The van der Waals surface area contributed by atoms with Gasteiger partial charge in [0.15, 0.2) is 5.16 Å². The van der Waals surface area contributed by atoms with E-state index in [4.69, 9.17) is 39.5 Å². The van der Waals surface area contributed by atoms with Crippen LogP contribution in [0.1, 0.15) is 0 Å². The minimum atomic E-state index is 0.317. The molecule has 0 unspecified atom stereocenters. The first kappa shape index (κ1) is 13.7. The van der Waals surface area contributed by atoms with Gasteiger partial charge in [-0.05, 0) is 24.5 Å². The number of hydrogen-bond acceptors (Lipinski definition) is 4. The third-order valence-electron chi connectivity index (χ3n) is 1.89. The van der Waals surface area contributed by atoms with Crippen LogP contribution in [0.15, 0.2) is 29.4 Å². The molecule has 3 nitrogen and oxygen atoms in total. The van der Waals surface area contributed by atoms with E-state index in [9.17, 15) is 0 Å². The average molecular weight is 322 g/mol. The second-order valence-corrected chi connectivity index (χ2v) is 5.26. The maximum atomic E-state index is 5.88. The van der Waals surface area contributed by atoms with Gasteiger partial charge in [0.05, 0.1) is 0 Å². The van der Waals surface area contributed by atoms with Crippen LogP contribution in [0.5, 0.6) is 11.6 Å². The summed E-state index contributed by atoms with van der Waals surface area (Å²) in [5.41, 5.74) is 0. The first-order chi connectivity index (χ1) is 8.56. The van der Waals surface area contributed by atoms with Crippen LogP contribution in [0.25, 0.3) is 0 Å². The predicted octanol–water partition coefficient (Wildman–Crippen LogP) is 4.95. The maximum Gasteiger partial charge on any atom is 0.224 e. The van der Waals surface area contributed by atoms with Gasteiger partial charge >= 0.3 is 0 Å². The highest BCUT2D eigenvalue weighted by Crippen LogP contribution is 2.29. The zero-order valence-corrected chi connectivity index (χ0v) is 12.2. The standard InChI is InChI=1S/C11H7Cl3N2OS/c1-18-11-15-9(14)5-10(16-11)17-8-3-6(12)2-7(13)4-8/h2-5H,1H3. The lowest BCUT2D eigenvalue weighted by Gasteiger charge is -2.07. The lowest BCUT2D eigenvalue weighted by atomic mass is 10.3. The topological polar surface area (TPSA) is 35.0 Å². The Labute approximate surface area is 123 Å². The Balaban J connectivity index is 2.30. The second-order valence-electron chi connectivity index (χ2n) is 3.22. The van der Waals surface area contributed by atoms with Gasteiger partial charge in [-0.2, -0.15) is 4.98 Å². The fourth-order valence-electron chi connectivity index (χ4n) is 1.23. The van der Waals surface area contributed by atoms with Gasteiger partial charge in [0.25, 0.3) is 0 Å². The van der Waals surface area contributed by atoms with Gasteiger partial charge in [-0.1, -0.05) is 46.6 Å². The van der Waals surface area contributed by atoms with Gasteiger partial charge in [-0.3, -0.25) is 0 Å². The van der Waals surface area contributed by atoms with Crippen LogP contribution in [0.4, 0.5) is 0 Å². The minimum Gasteiger partial charge on any atom is -0.439 e. The van der Waals surface area contributed by atoms with Crippen molar-refractivity contribution < 1.29 is 4.74 Å². The number of halogens is 3. The maximum absolute atomic E-state index is 5.88. The highest BCUT2D eigenvalue weighted by molar-refractivity contribution is 7.98. The molecule has 1 aromatic heterocycles. The molecule has 0 aliphatic heterocycles. The number of aromatic nitrogens is 2. The number of nitrogens with zero attached hydrogens (tertiary/aromatic N) is 2. The molecule has 1 aromatic carbocycles. The summed E-state index contributed by atoms with van der Waals surface area (Å²) in [7, 11) is 0. The van der Waals surface area contributed by atoms with E-state index in [-0.39, 0.29) is 0 Å². The number of ether oxygens (including phenoxy) is 1. The number of rotatable bonds is 3. The van der Waals surface area contributed by atoms with E-state index in [1.165, 1.54) is 17.8 Å². The van der Waals surface area contributed by atoms with Crippen LogP contribution in [-0.4, -0.2) is 16.2 Å². The molecule has 0 atom stereocenters. The molecular formula is C11H7Cl3N2OS. The molecule has 2 rings (SSSR count). The summed E-state index contributed by atoms with van der Waals surface area (Å²) in [5, 5.41) is 1.83. The second kappa shape index (κ2) is 5.97. The molecule has 94 valence electrons. The fraction of sp³-hybridized carbons (Fsp3) is 0.0909. The summed E-state index contributed by atoms with van der Waals surface area (Å²) in [6.07, 6.45) is 1.85. The van der Waals surface area contributed by atoms with Crippen molar-refractivity contribution >= 4 is 46.6 Å². The SMILES string of the molecule is CSc1nc(Cl)cc(Oc2cc(Cl)cc(Cl)c2)n1. The Morgan fingerprint density at radius 3 is 2.28 bits per heavy atom. The Hall–Kier alpha value is -0.680. The molecule has 18 heavy (non-hydrogen) atoms. The summed E-state index contributed by atoms with van der Waals surface area (Å²) in [6.45, 7) is 0. The summed E-state index contributed by atoms with van der Waals surface area (Å²) in [4.78, 5) is 8.18. The van der Waals surface area contributed by atoms with Crippen molar-refractivity contribution in [2.75, 3.05) is 6.26 Å². The molecule has 0 spiro atoms. The molecule has 0 aliphatic rings. The van der Waals surface area contributed by atoms with Crippen molar-refractivity contribution in [3.05, 3.63) is 39.5 Å². The number of benzene rings is 1. The number of hydrogen-bond donors (Lipinski definition) is 0. The molecule has 1 heterocycles. The molecule has 0 fully saturated rings. The van der Waals surface area contributed by atoms with E-state index in [0.29, 0.717) is 32.0 Å². The molecule has 2 aromatic rings. The Kier molecular flexibility index (Phi) is 4.56. The van der Waals surface area contributed by atoms with Gasteiger partial charge in [-0.15, -0.1) is 0 Å². The normalized spacial score (nSPS) is 10.4. The van der Waals surface area contributed by atoms with Crippen LogP contribution >= 0.6 is 46.6 Å². The highest BCUT2D eigenvalue weighted by atomic mass is 35.5. The molecule has 0 aliphatic carbocycles. The zero-order valence-electron chi connectivity index (χ0n) is 9.15. The molecule has 0 amide bonds. The van der Waals surface area contributed by atoms with E-state index in [0.717, 1.165) is 0 Å². The van der Waals surface area contributed by atoms with E-state index >= 15 is 0 Å². The van der Waals surface area contributed by atoms with Gasteiger partial charge in [-0.25, -0.2) is 4.98 Å². The van der Waals surface area contributed by atoms with E-state index in [1.807, 2.05) is 6.26 Å². The predicted molar refractivity (Wildman–Crippen MR) is 75.4 cm³/mol. The molecular weight excluding hydrogens is 315 g/mol. The van der Waals surface area contributed by atoms with E-state index < -0.39 is 0 Å². The van der Waals surface area contributed by atoms with E-state index in [1.54, 1.807) is 18.2 Å². The molecule has 7 heteroatoms. The van der Waals surface area contributed by atoms with Crippen molar-refractivity contribution in [3.8, 4) is 11.6 Å². The largest absolute Gasteiger partial charge is 0.439 e. The fourth-order valence-corrected chi connectivity index (χ4v) is 2.33. The molecule has 0 radical (unpaired) electrons. The molecule has 0 bridgehead atoms. The first-order valence-electron chi connectivity index (χ1n) is 4.79. The van der Waals surface area contributed by atoms with Crippen molar-refractivity contribution in [3.63, 3.8) is 0 Å². The van der Waals surface area contributed by atoms with Crippen LogP contribution in [-0.2, 0) is 0 Å².